The molecule has 1 heterocycles. The van der Waals surface area contributed by atoms with Crippen molar-refractivity contribution < 1.29 is 18.3 Å². The SMILES string of the molecule is CC(C)(C)N(CCC(=O)O)S(=O)(=O)c1cccnc1Cl. The molecule has 0 radical (unpaired) electrons. The quantitative estimate of drug-likeness (QED) is 0.838. The number of halogens is 1. The summed E-state index contributed by atoms with van der Waals surface area (Å²) in [7, 11) is -3.91. The molecule has 6 nitrogen and oxygen atoms in total. The smallest absolute Gasteiger partial charge is 0.304 e. The lowest BCUT2D eigenvalue weighted by Crippen LogP contribution is -2.46. The van der Waals surface area contributed by atoms with Crippen molar-refractivity contribution in [2.45, 2.75) is 37.6 Å². The molecule has 0 bridgehead atoms. The van der Waals surface area contributed by atoms with Crippen molar-refractivity contribution >= 4 is 27.6 Å². The standard InChI is InChI=1S/C12H17ClN2O4S/c1-12(2,3)15(8-6-10(16)17)20(18,19)9-5-4-7-14-11(9)13/h4-5,7H,6,8H2,1-3H3,(H,16,17). The number of sulfonamides is 1. The zero-order valence-corrected chi connectivity index (χ0v) is 13.1. The van der Waals surface area contributed by atoms with Crippen LogP contribution in [0.1, 0.15) is 27.2 Å². The second-order valence-electron chi connectivity index (χ2n) is 5.18. The van der Waals surface area contributed by atoms with Crippen LogP contribution in [0.4, 0.5) is 0 Å². The minimum atomic E-state index is -3.91. The van der Waals surface area contributed by atoms with Crippen LogP contribution in [-0.2, 0) is 14.8 Å². The molecule has 0 atom stereocenters. The van der Waals surface area contributed by atoms with Crippen molar-refractivity contribution in [3.05, 3.63) is 23.5 Å². The van der Waals surface area contributed by atoms with Gasteiger partial charge in [0.05, 0.1) is 6.42 Å². The molecule has 8 heteroatoms. The molecule has 112 valence electrons. The Balaban J connectivity index is 3.25. The number of hydrogen-bond acceptors (Lipinski definition) is 4. The zero-order valence-electron chi connectivity index (χ0n) is 11.5. The molecule has 1 rings (SSSR count). The Bertz CT molecular complexity index is 596. The third-order valence-corrected chi connectivity index (χ3v) is 5.18. The number of carboxylic acids is 1. The van der Waals surface area contributed by atoms with E-state index in [4.69, 9.17) is 16.7 Å². The highest BCUT2D eigenvalue weighted by molar-refractivity contribution is 7.89. The monoisotopic (exact) mass is 320 g/mol. The zero-order chi connectivity index (χ0) is 15.6. The predicted molar refractivity (Wildman–Crippen MR) is 75.1 cm³/mol. The van der Waals surface area contributed by atoms with E-state index in [9.17, 15) is 13.2 Å². The van der Waals surface area contributed by atoms with Crippen molar-refractivity contribution in [3.8, 4) is 0 Å². The molecule has 0 saturated heterocycles. The largest absolute Gasteiger partial charge is 0.481 e. The lowest BCUT2D eigenvalue weighted by Gasteiger charge is -2.34. The van der Waals surface area contributed by atoms with Crippen LogP contribution in [0.5, 0.6) is 0 Å². The summed E-state index contributed by atoms with van der Waals surface area (Å²) in [5.74, 6) is -1.06. The molecule has 0 saturated carbocycles. The summed E-state index contributed by atoms with van der Waals surface area (Å²) in [5.41, 5.74) is -0.770. The van der Waals surface area contributed by atoms with Crippen LogP contribution in [0.25, 0.3) is 0 Å². The Morgan fingerprint density at radius 1 is 1.45 bits per heavy atom. The molecule has 20 heavy (non-hydrogen) atoms. The Labute approximate surface area is 123 Å². The number of rotatable bonds is 5. The number of aliphatic carboxylic acids is 1. The summed E-state index contributed by atoms with van der Waals surface area (Å²) in [6, 6.07) is 2.82. The average molecular weight is 321 g/mol. The van der Waals surface area contributed by atoms with Crippen LogP contribution in [0.3, 0.4) is 0 Å². The Kier molecular flexibility index (Phi) is 5.12. The maximum atomic E-state index is 12.6. The molecule has 1 aromatic rings. The van der Waals surface area contributed by atoms with Crippen LogP contribution in [0.15, 0.2) is 23.2 Å². The van der Waals surface area contributed by atoms with Gasteiger partial charge in [0.1, 0.15) is 10.0 Å². The molecule has 0 aliphatic rings. The number of pyridine rings is 1. The van der Waals surface area contributed by atoms with Crippen molar-refractivity contribution in [2.24, 2.45) is 0 Å². The van der Waals surface area contributed by atoms with Gasteiger partial charge in [-0.25, -0.2) is 13.4 Å². The second-order valence-corrected chi connectivity index (χ2v) is 7.37. The maximum Gasteiger partial charge on any atom is 0.304 e. The van der Waals surface area contributed by atoms with E-state index in [0.717, 1.165) is 4.31 Å². The van der Waals surface area contributed by atoms with E-state index in [1.807, 2.05) is 0 Å². The summed E-state index contributed by atoms with van der Waals surface area (Å²) < 4.78 is 26.4. The van der Waals surface area contributed by atoms with Crippen LogP contribution in [-0.4, -0.2) is 40.9 Å². The van der Waals surface area contributed by atoms with Gasteiger partial charge in [-0.3, -0.25) is 4.79 Å². The summed E-state index contributed by atoms with van der Waals surface area (Å²) in [5, 5.41) is 8.63. The first-order valence-corrected chi connectivity index (χ1v) is 7.74. The molecule has 0 amide bonds. The fourth-order valence-electron chi connectivity index (χ4n) is 1.70. The van der Waals surface area contributed by atoms with Crippen LogP contribution in [0.2, 0.25) is 5.15 Å². The van der Waals surface area contributed by atoms with E-state index >= 15 is 0 Å². The van der Waals surface area contributed by atoms with Gasteiger partial charge < -0.3 is 5.11 Å². The van der Waals surface area contributed by atoms with Gasteiger partial charge in [-0.1, -0.05) is 11.6 Å². The first-order valence-electron chi connectivity index (χ1n) is 5.92. The number of hydrogen-bond donors (Lipinski definition) is 1. The highest BCUT2D eigenvalue weighted by Crippen LogP contribution is 2.28. The molecule has 0 fully saturated rings. The molecule has 0 spiro atoms. The third-order valence-electron chi connectivity index (χ3n) is 2.57. The van der Waals surface area contributed by atoms with Gasteiger partial charge in [-0.15, -0.1) is 0 Å². The van der Waals surface area contributed by atoms with Gasteiger partial charge in [0.25, 0.3) is 0 Å². The fourth-order valence-corrected chi connectivity index (χ4v) is 3.91. The maximum absolute atomic E-state index is 12.6. The van der Waals surface area contributed by atoms with E-state index in [1.165, 1.54) is 18.3 Å². The van der Waals surface area contributed by atoms with E-state index in [0.29, 0.717) is 0 Å². The Hall–Kier alpha value is -1.18. The van der Waals surface area contributed by atoms with Gasteiger partial charge in [0, 0.05) is 18.3 Å². The summed E-state index contributed by atoms with van der Waals surface area (Å²) in [6.45, 7) is 4.94. The molecule has 0 unspecified atom stereocenters. The molecular weight excluding hydrogens is 304 g/mol. The lowest BCUT2D eigenvalue weighted by atomic mass is 10.1. The van der Waals surface area contributed by atoms with E-state index < -0.39 is 21.5 Å². The minimum absolute atomic E-state index is 0.123. The van der Waals surface area contributed by atoms with E-state index in [1.54, 1.807) is 20.8 Å². The van der Waals surface area contributed by atoms with Gasteiger partial charge >= 0.3 is 5.97 Å². The first kappa shape index (κ1) is 16.9. The second kappa shape index (κ2) is 6.07. The number of nitrogens with zero attached hydrogens (tertiary/aromatic N) is 2. The molecular formula is C12H17ClN2O4S. The highest BCUT2D eigenvalue weighted by Gasteiger charge is 2.35. The van der Waals surface area contributed by atoms with Gasteiger partial charge in [-0.05, 0) is 32.9 Å². The fraction of sp³-hybridized carbons (Fsp3) is 0.500. The topological polar surface area (TPSA) is 87.6 Å². The highest BCUT2D eigenvalue weighted by atomic mass is 35.5. The molecule has 0 aromatic carbocycles. The van der Waals surface area contributed by atoms with Crippen LogP contribution < -0.4 is 0 Å². The lowest BCUT2D eigenvalue weighted by molar-refractivity contribution is -0.137. The van der Waals surface area contributed by atoms with Crippen molar-refractivity contribution in [1.29, 1.82) is 0 Å². The van der Waals surface area contributed by atoms with Crippen molar-refractivity contribution in [3.63, 3.8) is 0 Å². The van der Waals surface area contributed by atoms with E-state index in [2.05, 4.69) is 4.98 Å². The predicted octanol–water partition coefficient (Wildman–Crippen LogP) is 2.00. The minimum Gasteiger partial charge on any atom is -0.481 e. The van der Waals surface area contributed by atoms with Crippen molar-refractivity contribution in [1.82, 2.24) is 9.29 Å². The summed E-state index contributed by atoms with van der Waals surface area (Å²) >= 11 is 5.83. The van der Waals surface area contributed by atoms with E-state index in [-0.39, 0.29) is 23.0 Å². The molecule has 1 aromatic heterocycles. The normalized spacial score (nSPS) is 12.7. The molecule has 0 aliphatic carbocycles. The summed E-state index contributed by atoms with van der Waals surface area (Å²) in [6.07, 6.45) is 1.11. The number of carboxylic acid groups (broad SMARTS) is 1. The van der Waals surface area contributed by atoms with Gasteiger partial charge in [0.15, 0.2) is 0 Å². The Morgan fingerprint density at radius 3 is 2.50 bits per heavy atom. The van der Waals surface area contributed by atoms with Crippen LogP contribution >= 0.6 is 11.6 Å². The van der Waals surface area contributed by atoms with Gasteiger partial charge in [-0.2, -0.15) is 4.31 Å². The average Bonchev–Trinajstić information content (AvgIpc) is 2.26. The first-order chi connectivity index (χ1) is 9.06. The summed E-state index contributed by atoms with van der Waals surface area (Å²) in [4.78, 5) is 14.3. The molecule has 0 aliphatic heterocycles. The van der Waals surface area contributed by atoms with Crippen LogP contribution in [0, 0.1) is 0 Å². The number of aromatic nitrogens is 1. The third kappa shape index (κ3) is 3.91. The number of carbonyl (C=O) groups is 1. The molecule has 1 N–H and O–H groups in total. The Morgan fingerprint density at radius 2 is 2.05 bits per heavy atom. The van der Waals surface area contributed by atoms with Crippen molar-refractivity contribution in [2.75, 3.05) is 6.54 Å². The van der Waals surface area contributed by atoms with Gasteiger partial charge in [0.2, 0.25) is 10.0 Å².